The van der Waals surface area contributed by atoms with Crippen LogP contribution < -0.4 is 4.74 Å². The molecule has 3 rings (SSSR count). The zero-order valence-electron chi connectivity index (χ0n) is 17.5. The Balaban J connectivity index is 2.10. The third-order valence-electron chi connectivity index (χ3n) is 4.99. The van der Waals surface area contributed by atoms with Crippen molar-refractivity contribution in [1.82, 2.24) is 0 Å². The van der Waals surface area contributed by atoms with Gasteiger partial charge in [-0.25, -0.2) is 8.78 Å². The molecule has 0 unspecified atom stereocenters. The van der Waals surface area contributed by atoms with Crippen LogP contribution in [0.25, 0.3) is 11.1 Å². The first-order valence-corrected chi connectivity index (χ1v) is 9.87. The maximum atomic E-state index is 14.9. The number of ether oxygens (including phenoxy) is 1. The van der Waals surface area contributed by atoms with E-state index in [0.29, 0.717) is 18.6 Å². The van der Waals surface area contributed by atoms with Crippen LogP contribution >= 0.6 is 0 Å². The molecule has 0 aliphatic carbocycles. The summed E-state index contributed by atoms with van der Waals surface area (Å²) in [5, 5.41) is 0. The van der Waals surface area contributed by atoms with Crippen molar-refractivity contribution in [1.29, 1.82) is 0 Å². The molecule has 176 valence electrons. The first-order valence-electron chi connectivity index (χ1n) is 9.87. The Kier molecular flexibility index (Phi) is 6.72. The van der Waals surface area contributed by atoms with Crippen molar-refractivity contribution < 1.29 is 39.9 Å². The molecular formula is C24H18F8O. The largest absolute Gasteiger partial charge is 0.427 e. The van der Waals surface area contributed by atoms with Crippen molar-refractivity contribution in [3.05, 3.63) is 88.2 Å². The molecule has 0 aliphatic rings. The van der Waals surface area contributed by atoms with Gasteiger partial charge in [-0.1, -0.05) is 55.3 Å². The smallest absolute Gasteiger partial charge is 0.426 e. The topological polar surface area (TPSA) is 9.23 Å². The van der Waals surface area contributed by atoms with Crippen LogP contribution in [-0.4, -0.2) is 0 Å². The maximum Gasteiger partial charge on any atom is 0.427 e. The van der Waals surface area contributed by atoms with E-state index in [1.165, 1.54) is 24.3 Å². The fourth-order valence-corrected chi connectivity index (χ4v) is 3.36. The van der Waals surface area contributed by atoms with Crippen molar-refractivity contribution in [3.63, 3.8) is 0 Å². The molecule has 0 atom stereocenters. The van der Waals surface area contributed by atoms with E-state index in [-0.39, 0.29) is 17.5 Å². The monoisotopic (exact) mass is 474 g/mol. The van der Waals surface area contributed by atoms with Crippen LogP contribution in [-0.2, 0) is 18.7 Å². The lowest BCUT2D eigenvalue weighted by molar-refractivity contribution is -0.197. The lowest BCUT2D eigenvalue weighted by atomic mass is 9.96. The third-order valence-corrected chi connectivity index (χ3v) is 4.99. The molecule has 33 heavy (non-hydrogen) atoms. The molecule has 0 fully saturated rings. The summed E-state index contributed by atoms with van der Waals surface area (Å²) in [7, 11) is 0. The van der Waals surface area contributed by atoms with Gasteiger partial charge in [0, 0.05) is 5.56 Å². The highest BCUT2D eigenvalue weighted by atomic mass is 19.4. The SMILES string of the molecule is CCCc1ccc(OC(F)(F)c2ccc(-c3ccc(C)cc3)c(F)c2C(F)(F)F)c(F)c1F. The van der Waals surface area contributed by atoms with Gasteiger partial charge in [-0.05, 0) is 36.6 Å². The molecule has 0 amide bonds. The zero-order chi connectivity index (χ0) is 24.6. The van der Waals surface area contributed by atoms with E-state index < -0.39 is 52.2 Å². The lowest BCUT2D eigenvalue weighted by Gasteiger charge is -2.24. The highest BCUT2D eigenvalue weighted by Crippen LogP contribution is 2.44. The van der Waals surface area contributed by atoms with Crippen LogP contribution in [0.4, 0.5) is 35.1 Å². The van der Waals surface area contributed by atoms with Crippen LogP contribution in [0.3, 0.4) is 0 Å². The van der Waals surface area contributed by atoms with E-state index in [9.17, 15) is 35.1 Å². The Morgan fingerprint density at radius 1 is 0.758 bits per heavy atom. The molecule has 1 nitrogen and oxygen atoms in total. The molecule has 0 saturated heterocycles. The highest BCUT2D eigenvalue weighted by Gasteiger charge is 2.48. The molecule has 0 aliphatic heterocycles. The first-order chi connectivity index (χ1) is 15.4. The molecule has 0 bridgehead atoms. The average Bonchev–Trinajstić information content (AvgIpc) is 2.73. The number of hydrogen-bond acceptors (Lipinski definition) is 1. The summed E-state index contributed by atoms with van der Waals surface area (Å²) in [6, 6.07) is 8.54. The predicted molar refractivity (Wildman–Crippen MR) is 106 cm³/mol. The van der Waals surface area contributed by atoms with Gasteiger partial charge in [-0.15, -0.1) is 0 Å². The van der Waals surface area contributed by atoms with Gasteiger partial charge in [0.1, 0.15) is 11.4 Å². The predicted octanol–water partition coefficient (Wildman–Crippen LogP) is 8.18. The van der Waals surface area contributed by atoms with Gasteiger partial charge in [-0.3, -0.25) is 0 Å². The summed E-state index contributed by atoms with van der Waals surface area (Å²) < 4.78 is 118. The van der Waals surface area contributed by atoms with Crippen LogP contribution in [0.5, 0.6) is 5.75 Å². The van der Waals surface area contributed by atoms with E-state index in [2.05, 4.69) is 4.74 Å². The average molecular weight is 474 g/mol. The first kappa shape index (κ1) is 24.5. The summed E-state index contributed by atoms with van der Waals surface area (Å²) in [4.78, 5) is 0. The van der Waals surface area contributed by atoms with Crippen LogP contribution in [0.15, 0.2) is 48.5 Å². The van der Waals surface area contributed by atoms with Crippen LogP contribution in [0.1, 0.15) is 35.6 Å². The van der Waals surface area contributed by atoms with Gasteiger partial charge in [0.2, 0.25) is 5.82 Å². The molecular weight excluding hydrogens is 456 g/mol. The number of aryl methyl sites for hydroxylation is 2. The molecule has 3 aromatic rings. The lowest BCUT2D eigenvalue weighted by Crippen LogP contribution is -2.28. The number of rotatable bonds is 6. The molecule has 0 radical (unpaired) electrons. The molecule has 0 spiro atoms. The van der Waals surface area contributed by atoms with E-state index in [1.54, 1.807) is 13.8 Å². The van der Waals surface area contributed by atoms with Gasteiger partial charge in [0.05, 0.1) is 5.56 Å². The molecule has 9 heteroatoms. The van der Waals surface area contributed by atoms with E-state index in [0.717, 1.165) is 17.7 Å². The summed E-state index contributed by atoms with van der Waals surface area (Å²) in [6.07, 6.45) is -9.80. The fraction of sp³-hybridized carbons (Fsp3) is 0.250. The normalized spacial score (nSPS) is 12.2. The van der Waals surface area contributed by atoms with E-state index >= 15 is 0 Å². The van der Waals surface area contributed by atoms with Crippen molar-refractivity contribution in [2.24, 2.45) is 0 Å². The molecule has 0 saturated carbocycles. The number of hydrogen-bond donors (Lipinski definition) is 0. The summed E-state index contributed by atoms with van der Waals surface area (Å²) in [6.45, 7) is 3.39. The quantitative estimate of drug-likeness (QED) is 0.328. The number of halogens is 8. The minimum atomic E-state index is -5.53. The van der Waals surface area contributed by atoms with E-state index in [1.807, 2.05) is 0 Å². The maximum absolute atomic E-state index is 14.9. The number of alkyl halides is 5. The second kappa shape index (κ2) is 9.03. The molecule has 0 N–H and O–H groups in total. The van der Waals surface area contributed by atoms with Gasteiger partial charge >= 0.3 is 12.3 Å². The van der Waals surface area contributed by atoms with Crippen molar-refractivity contribution in [3.8, 4) is 16.9 Å². The summed E-state index contributed by atoms with van der Waals surface area (Å²) >= 11 is 0. The highest BCUT2D eigenvalue weighted by molar-refractivity contribution is 5.66. The second-order valence-corrected chi connectivity index (χ2v) is 7.43. The third kappa shape index (κ3) is 4.96. The molecule has 3 aromatic carbocycles. The minimum Gasteiger partial charge on any atom is -0.426 e. The standard InChI is InChI=1S/C24H18F8O/c1-3-4-15-9-12-18(22(27)20(15)25)33-24(31,32)17-11-10-16(14-7-5-13(2)6-8-14)21(26)19(17)23(28,29)30/h5-12H,3-4H2,1-2H3. The van der Waals surface area contributed by atoms with Gasteiger partial charge in [-0.2, -0.15) is 26.3 Å². The van der Waals surface area contributed by atoms with Gasteiger partial charge in [0.25, 0.3) is 0 Å². The summed E-state index contributed by atoms with van der Waals surface area (Å²) in [5.41, 5.74) is -3.97. The minimum absolute atomic E-state index is 0.0408. The van der Waals surface area contributed by atoms with Crippen molar-refractivity contribution >= 4 is 0 Å². The van der Waals surface area contributed by atoms with Crippen LogP contribution in [0.2, 0.25) is 0 Å². The van der Waals surface area contributed by atoms with Crippen LogP contribution in [0, 0.1) is 24.4 Å². The van der Waals surface area contributed by atoms with Gasteiger partial charge in [0.15, 0.2) is 11.6 Å². The fourth-order valence-electron chi connectivity index (χ4n) is 3.36. The number of benzene rings is 3. The Morgan fingerprint density at radius 2 is 1.39 bits per heavy atom. The van der Waals surface area contributed by atoms with Gasteiger partial charge < -0.3 is 4.74 Å². The Labute approximate surface area is 184 Å². The second-order valence-electron chi connectivity index (χ2n) is 7.43. The Bertz CT molecular complexity index is 1150. The Morgan fingerprint density at radius 3 is 1.97 bits per heavy atom. The molecule has 0 heterocycles. The zero-order valence-corrected chi connectivity index (χ0v) is 17.5. The Hall–Kier alpha value is -3.10. The van der Waals surface area contributed by atoms with E-state index in [4.69, 9.17) is 0 Å². The summed E-state index contributed by atoms with van der Waals surface area (Å²) in [5.74, 6) is -6.45. The van der Waals surface area contributed by atoms with Crippen molar-refractivity contribution in [2.45, 2.75) is 39.0 Å². The van der Waals surface area contributed by atoms with Crippen molar-refractivity contribution in [2.75, 3.05) is 0 Å². The molecule has 0 aromatic heterocycles.